The van der Waals surface area contributed by atoms with Crippen molar-refractivity contribution in [2.24, 2.45) is 5.92 Å². The number of carbonyl (C=O) groups excluding carboxylic acids is 3. The molecule has 8 heteroatoms. The van der Waals surface area contributed by atoms with Gasteiger partial charge in [0.15, 0.2) is 0 Å². The highest BCUT2D eigenvalue weighted by atomic mass is 16.5. The number of methoxy groups -OCH3 is 2. The van der Waals surface area contributed by atoms with Crippen LogP contribution in [0.4, 0.5) is 0 Å². The molecule has 2 saturated heterocycles. The Kier molecular flexibility index (Phi) is 6.35. The quantitative estimate of drug-likeness (QED) is 0.656. The highest BCUT2D eigenvalue weighted by Crippen LogP contribution is 2.19. The maximum Gasteiger partial charge on any atom is 0.330 e. The zero-order chi connectivity index (χ0) is 16.8. The number of esters is 1. The summed E-state index contributed by atoms with van der Waals surface area (Å²) >= 11 is 0. The molecule has 0 aromatic carbocycles. The second kappa shape index (κ2) is 8.26. The van der Waals surface area contributed by atoms with Crippen LogP contribution < -0.4 is 5.32 Å². The van der Waals surface area contributed by atoms with Crippen LogP contribution in [0, 0.1) is 5.92 Å². The number of rotatable bonds is 4. The van der Waals surface area contributed by atoms with Crippen molar-refractivity contribution in [2.45, 2.75) is 18.9 Å². The van der Waals surface area contributed by atoms with Crippen LogP contribution in [-0.4, -0.2) is 87.2 Å². The molecule has 0 aromatic rings. The smallest absolute Gasteiger partial charge is 0.330 e. The van der Waals surface area contributed by atoms with Gasteiger partial charge < -0.3 is 24.6 Å². The number of amides is 2. The minimum Gasteiger partial charge on any atom is -0.467 e. The van der Waals surface area contributed by atoms with Crippen molar-refractivity contribution >= 4 is 17.8 Å². The first-order chi connectivity index (χ1) is 11.1. The molecule has 0 bridgehead atoms. The van der Waals surface area contributed by atoms with Crippen LogP contribution in [0.15, 0.2) is 0 Å². The summed E-state index contributed by atoms with van der Waals surface area (Å²) in [6, 6.07) is -0.762. The van der Waals surface area contributed by atoms with Gasteiger partial charge in [-0.2, -0.15) is 0 Å². The minimum absolute atomic E-state index is 0.00391. The molecule has 2 aliphatic rings. The summed E-state index contributed by atoms with van der Waals surface area (Å²) in [5.74, 6) is -0.704. The third-order valence-corrected chi connectivity index (χ3v) is 4.44. The molecule has 130 valence electrons. The maximum atomic E-state index is 12.6. The summed E-state index contributed by atoms with van der Waals surface area (Å²) in [5, 5.41) is 3.23. The Hall–Kier alpha value is -1.67. The van der Waals surface area contributed by atoms with E-state index >= 15 is 0 Å². The highest BCUT2D eigenvalue weighted by Gasteiger charge is 2.39. The molecule has 0 aromatic heterocycles. The summed E-state index contributed by atoms with van der Waals surface area (Å²) in [4.78, 5) is 39.9. The minimum atomic E-state index is -0.762. The second-order valence-electron chi connectivity index (χ2n) is 5.87. The number of piperidine rings is 1. The van der Waals surface area contributed by atoms with Crippen molar-refractivity contribution in [3.8, 4) is 0 Å². The molecule has 8 nitrogen and oxygen atoms in total. The van der Waals surface area contributed by atoms with E-state index in [9.17, 15) is 14.4 Å². The summed E-state index contributed by atoms with van der Waals surface area (Å²) in [7, 11) is 2.72. The van der Waals surface area contributed by atoms with E-state index in [1.807, 2.05) is 0 Å². The lowest BCUT2D eigenvalue weighted by molar-refractivity contribution is -0.160. The predicted molar refractivity (Wildman–Crippen MR) is 81.6 cm³/mol. The Balaban J connectivity index is 2.04. The van der Waals surface area contributed by atoms with Gasteiger partial charge in [0.05, 0.1) is 13.7 Å². The number of piperazine rings is 1. The third-order valence-electron chi connectivity index (χ3n) is 4.44. The van der Waals surface area contributed by atoms with Gasteiger partial charge in [0.1, 0.15) is 12.6 Å². The van der Waals surface area contributed by atoms with Gasteiger partial charge in [-0.05, 0) is 25.9 Å². The summed E-state index contributed by atoms with van der Waals surface area (Å²) in [6.45, 7) is 2.53. The lowest BCUT2D eigenvalue weighted by atomic mass is 9.96. The van der Waals surface area contributed by atoms with Crippen LogP contribution >= 0.6 is 0 Å². The first-order valence-corrected chi connectivity index (χ1v) is 7.94. The topological polar surface area (TPSA) is 88.2 Å². The van der Waals surface area contributed by atoms with Crippen LogP contribution in [0.25, 0.3) is 0 Å². The molecular weight excluding hydrogens is 302 g/mol. The van der Waals surface area contributed by atoms with Gasteiger partial charge in [-0.15, -0.1) is 0 Å². The lowest BCUT2D eigenvalue weighted by Gasteiger charge is -2.41. The summed E-state index contributed by atoms with van der Waals surface area (Å²) in [5.41, 5.74) is 0. The molecule has 1 N–H and O–H groups in total. The van der Waals surface area contributed by atoms with Gasteiger partial charge in [0, 0.05) is 26.1 Å². The number of nitrogens with zero attached hydrogens (tertiary/aromatic N) is 2. The Bertz CT molecular complexity index is 450. The molecule has 2 rings (SSSR count). The van der Waals surface area contributed by atoms with Crippen molar-refractivity contribution in [3.63, 3.8) is 0 Å². The fourth-order valence-electron chi connectivity index (χ4n) is 3.15. The van der Waals surface area contributed by atoms with Gasteiger partial charge in [0.25, 0.3) is 0 Å². The van der Waals surface area contributed by atoms with E-state index < -0.39 is 12.0 Å². The summed E-state index contributed by atoms with van der Waals surface area (Å²) < 4.78 is 9.66. The molecule has 0 radical (unpaired) electrons. The average molecular weight is 327 g/mol. The summed E-state index contributed by atoms with van der Waals surface area (Å²) in [6.07, 6.45) is 1.62. The van der Waals surface area contributed by atoms with Crippen molar-refractivity contribution in [1.29, 1.82) is 0 Å². The number of ether oxygens (including phenoxy) is 2. The predicted octanol–water partition coefficient (Wildman–Crippen LogP) is -1.16. The fourth-order valence-corrected chi connectivity index (χ4v) is 3.15. The van der Waals surface area contributed by atoms with Gasteiger partial charge in [-0.3, -0.25) is 9.59 Å². The maximum absolute atomic E-state index is 12.6. The number of hydrogen-bond acceptors (Lipinski definition) is 6. The first kappa shape index (κ1) is 17.7. The molecular formula is C15H25N3O5. The average Bonchev–Trinajstić information content (AvgIpc) is 2.60. The van der Waals surface area contributed by atoms with E-state index in [0.717, 1.165) is 25.9 Å². The van der Waals surface area contributed by atoms with Crippen LogP contribution in [0.2, 0.25) is 0 Å². The molecule has 2 heterocycles. The number of hydrogen-bond donors (Lipinski definition) is 1. The van der Waals surface area contributed by atoms with Crippen molar-refractivity contribution < 1.29 is 23.9 Å². The van der Waals surface area contributed by atoms with Crippen LogP contribution in [-0.2, 0) is 23.9 Å². The van der Waals surface area contributed by atoms with Crippen LogP contribution in [0.5, 0.6) is 0 Å². The highest BCUT2D eigenvalue weighted by molar-refractivity contribution is 5.87. The Morgan fingerprint density at radius 2 is 1.83 bits per heavy atom. The zero-order valence-corrected chi connectivity index (χ0v) is 13.7. The monoisotopic (exact) mass is 327 g/mol. The molecule has 0 spiro atoms. The number of carbonyl (C=O) groups is 3. The molecule has 1 unspecified atom stereocenters. The fraction of sp³-hybridized carbons (Fsp3) is 0.800. The Morgan fingerprint density at radius 3 is 2.43 bits per heavy atom. The van der Waals surface area contributed by atoms with Gasteiger partial charge in [-0.1, -0.05) is 0 Å². The van der Waals surface area contributed by atoms with E-state index in [4.69, 9.17) is 9.47 Å². The third kappa shape index (κ3) is 4.20. The number of nitrogens with one attached hydrogen (secondary N) is 1. The molecule has 2 aliphatic heterocycles. The Morgan fingerprint density at radius 1 is 1.13 bits per heavy atom. The van der Waals surface area contributed by atoms with E-state index in [0.29, 0.717) is 13.1 Å². The molecule has 23 heavy (non-hydrogen) atoms. The zero-order valence-electron chi connectivity index (χ0n) is 13.7. The van der Waals surface area contributed by atoms with Gasteiger partial charge in [0.2, 0.25) is 11.8 Å². The van der Waals surface area contributed by atoms with Crippen molar-refractivity contribution in [1.82, 2.24) is 15.1 Å². The van der Waals surface area contributed by atoms with Crippen molar-refractivity contribution in [3.05, 3.63) is 0 Å². The lowest BCUT2D eigenvalue weighted by Crippen LogP contribution is -2.61. The normalized spacial score (nSPS) is 22.8. The molecule has 2 amide bonds. The second-order valence-corrected chi connectivity index (χ2v) is 5.87. The first-order valence-electron chi connectivity index (χ1n) is 7.94. The molecule has 0 saturated carbocycles. The van der Waals surface area contributed by atoms with E-state index in [2.05, 4.69) is 5.32 Å². The van der Waals surface area contributed by atoms with Crippen molar-refractivity contribution in [2.75, 3.05) is 53.6 Å². The van der Waals surface area contributed by atoms with E-state index in [-0.39, 0.29) is 30.9 Å². The Labute approximate surface area is 136 Å². The van der Waals surface area contributed by atoms with Crippen LogP contribution in [0.1, 0.15) is 12.8 Å². The SMILES string of the molecule is COCC(=O)N1CCN(C(=O)C2CCNCC2)CC1C(=O)OC. The largest absolute Gasteiger partial charge is 0.467 e. The molecule has 2 fully saturated rings. The molecule has 1 atom stereocenters. The van der Waals surface area contributed by atoms with Gasteiger partial charge in [-0.25, -0.2) is 4.79 Å². The van der Waals surface area contributed by atoms with Crippen LogP contribution in [0.3, 0.4) is 0 Å². The van der Waals surface area contributed by atoms with Gasteiger partial charge >= 0.3 is 5.97 Å². The van der Waals surface area contributed by atoms with E-state index in [1.165, 1.54) is 19.1 Å². The molecule has 0 aliphatic carbocycles. The van der Waals surface area contributed by atoms with E-state index in [1.54, 1.807) is 4.90 Å². The standard InChI is InChI=1S/C15H25N3O5/c1-22-10-13(19)18-8-7-17(9-12(18)15(21)23-2)14(20)11-3-5-16-6-4-11/h11-12,16H,3-10H2,1-2H3.